The number of methoxy groups -OCH3 is 1. The summed E-state index contributed by atoms with van der Waals surface area (Å²) in [6.07, 6.45) is 0. The number of rotatable bonds is 3. The first-order valence-electron chi connectivity index (χ1n) is 5.38. The standard InChI is InChI=1S/C14H14FNO/c1-17-14-5-3-2-4-11(14)12-8-10(9-16)6-7-13(12)15/h2-8H,9,16H2,1H3. The van der Waals surface area contributed by atoms with E-state index in [-0.39, 0.29) is 5.82 Å². The molecule has 0 amide bonds. The fourth-order valence-electron chi connectivity index (χ4n) is 1.77. The molecule has 0 aliphatic rings. The quantitative estimate of drug-likeness (QED) is 0.881. The summed E-state index contributed by atoms with van der Waals surface area (Å²) in [5.74, 6) is 0.382. The molecule has 3 heteroatoms. The molecule has 0 radical (unpaired) electrons. The van der Waals surface area contributed by atoms with Gasteiger partial charge in [0.05, 0.1) is 7.11 Å². The maximum absolute atomic E-state index is 13.8. The van der Waals surface area contributed by atoms with Crippen LogP contribution in [0.5, 0.6) is 5.75 Å². The van der Waals surface area contributed by atoms with Gasteiger partial charge in [-0.15, -0.1) is 0 Å². The number of ether oxygens (including phenoxy) is 1. The van der Waals surface area contributed by atoms with E-state index in [1.54, 1.807) is 19.2 Å². The minimum atomic E-state index is -0.272. The molecule has 0 spiro atoms. The molecular weight excluding hydrogens is 217 g/mol. The van der Waals surface area contributed by atoms with Gasteiger partial charge in [-0.25, -0.2) is 4.39 Å². The molecule has 0 fully saturated rings. The van der Waals surface area contributed by atoms with E-state index in [9.17, 15) is 4.39 Å². The van der Waals surface area contributed by atoms with E-state index in [4.69, 9.17) is 10.5 Å². The van der Waals surface area contributed by atoms with E-state index in [1.807, 2.05) is 24.3 Å². The van der Waals surface area contributed by atoms with Crippen molar-refractivity contribution in [3.8, 4) is 16.9 Å². The van der Waals surface area contributed by atoms with Gasteiger partial charge in [0.25, 0.3) is 0 Å². The van der Waals surface area contributed by atoms with Crippen molar-refractivity contribution in [2.24, 2.45) is 5.73 Å². The Bertz CT molecular complexity index is 525. The molecule has 0 saturated carbocycles. The van der Waals surface area contributed by atoms with Crippen LogP contribution in [0.3, 0.4) is 0 Å². The summed E-state index contributed by atoms with van der Waals surface area (Å²) < 4.78 is 19.0. The Morgan fingerprint density at radius 1 is 1.12 bits per heavy atom. The second kappa shape index (κ2) is 4.97. The molecule has 2 aromatic rings. The van der Waals surface area contributed by atoms with E-state index < -0.39 is 0 Å². The van der Waals surface area contributed by atoms with Crippen molar-refractivity contribution in [2.45, 2.75) is 6.54 Å². The zero-order valence-corrected chi connectivity index (χ0v) is 9.61. The number of halogens is 1. The summed E-state index contributed by atoms with van der Waals surface area (Å²) in [6.45, 7) is 0.391. The van der Waals surface area contributed by atoms with Crippen molar-refractivity contribution in [2.75, 3.05) is 7.11 Å². The van der Waals surface area contributed by atoms with Gasteiger partial charge >= 0.3 is 0 Å². The fourth-order valence-corrected chi connectivity index (χ4v) is 1.77. The van der Waals surface area contributed by atoms with E-state index in [0.29, 0.717) is 17.9 Å². The lowest BCUT2D eigenvalue weighted by molar-refractivity contribution is 0.416. The highest BCUT2D eigenvalue weighted by Crippen LogP contribution is 2.31. The minimum absolute atomic E-state index is 0.272. The molecule has 2 aromatic carbocycles. The predicted molar refractivity (Wildman–Crippen MR) is 66.3 cm³/mol. The first-order valence-corrected chi connectivity index (χ1v) is 5.38. The number of nitrogens with two attached hydrogens (primary N) is 1. The van der Waals surface area contributed by atoms with Crippen molar-refractivity contribution in [1.29, 1.82) is 0 Å². The fraction of sp³-hybridized carbons (Fsp3) is 0.143. The van der Waals surface area contributed by atoms with Gasteiger partial charge in [0.2, 0.25) is 0 Å². The van der Waals surface area contributed by atoms with Gasteiger partial charge in [0, 0.05) is 17.7 Å². The summed E-state index contributed by atoms with van der Waals surface area (Å²) in [6, 6.07) is 12.2. The van der Waals surface area contributed by atoms with Crippen molar-refractivity contribution in [3.63, 3.8) is 0 Å². The third kappa shape index (κ3) is 2.29. The zero-order valence-electron chi connectivity index (χ0n) is 9.61. The van der Waals surface area contributed by atoms with Gasteiger partial charge in [-0.1, -0.05) is 24.3 Å². The van der Waals surface area contributed by atoms with E-state index in [0.717, 1.165) is 11.1 Å². The van der Waals surface area contributed by atoms with Crippen molar-refractivity contribution >= 4 is 0 Å². The second-order valence-electron chi connectivity index (χ2n) is 3.72. The van der Waals surface area contributed by atoms with Crippen LogP contribution in [0.2, 0.25) is 0 Å². The van der Waals surface area contributed by atoms with Crippen molar-refractivity contribution in [1.82, 2.24) is 0 Å². The highest BCUT2D eigenvalue weighted by Gasteiger charge is 2.10. The SMILES string of the molecule is COc1ccccc1-c1cc(CN)ccc1F. The molecular formula is C14H14FNO. The first kappa shape index (κ1) is 11.6. The molecule has 0 aliphatic carbocycles. The molecule has 0 saturated heterocycles. The average Bonchev–Trinajstić information content (AvgIpc) is 2.39. The summed E-state index contributed by atoms with van der Waals surface area (Å²) in [5, 5.41) is 0. The van der Waals surface area contributed by atoms with Crippen LogP contribution in [0.15, 0.2) is 42.5 Å². The van der Waals surface area contributed by atoms with E-state index in [2.05, 4.69) is 0 Å². The monoisotopic (exact) mass is 231 g/mol. The largest absolute Gasteiger partial charge is 0.496 e. The summed E-state index contributed by atoms with van der Waals surface area (Å²) in [7, 11) is 1.57. The predicted octanol–water partition coefficient (Wildman–Crippen LogP) is 2.96. The Morgan fingerprint density at radius 3 is 2.59 bits per heavy atom. The van der Waals surface area contributed by atoms with E-state index >= 15 is 0 Å². The third-order valence-electron chi connectivity index (χ3n) is 2.66. The van der Waals surface area contributed by atoms with Crippen molar-refractivity contribution in [3.05, 3.63) is 53.8 Å². The minimum Gasteiger partial charge on any atom is -0.496 e. The highest BCUT2D eigenvalue weighted by molar-refractivity contribution is 5.71. The Kier molecular flexibility index (Phi) is 3.40. The Hall–Kier alpha value is -1.87. The molecule has 2 rings (SSSR count). The molecule has 2 nitrogen and oxygen atoms in total. The van der Waals surface area contributed by atoms with Crippen molar-refractivity contribution < 1.29 is 9.13 Å². The van der Waals surface area contributed by atoms with Crippen LogP contribution in [0.1, 0.15) is 5.56 Å². The van der Waals surface area contributed by atoms with Gasteiger partial charge in [-0.3, -0.25) is 0 Å². The molecule has 0 bridgehead atoms. The lowest BCUT2D eigenvalue weighted by atomic mass is 10.0. The smallest absolute Gasteiger partial charge is 0.131 e. The number of para-hydroxylation sites is 1. The van der Waals surface area contributed by atoms with Crippen LogP contribution >= 0.6 is 0 Å². The van der Waals surface area contributed by atoms with Crippen LogP contribution < -0.4 is 10.5 Å². The van der Waals surface area contributed by atoms with Crippen LogP contribution in [0.25, 0.3) is 11.1 Å². The number of hydrogen-bond donors (Lipinski definition) is 1. The Labute approximate surface area is 99.8 Å². The average molecular weight is 231 g/mol. The molecule has 88 valence electrons. The van der Waals surface area contributed by atoms with E-state index in [1.165, 1.54) is 6.07 Å². The molecule has 0 unspecified atom stereocenters. The van der Waals surface area contributed by atoms with Gasteiger partial charge in [-0.2, -0.15) is 0 Å². The molecule has 2 N–H and O–H groups in total. The van der Waals surface area contributed by atoms with Gasteiger partial charge in [-0.05, 0) is 23.8 Å². The van der Waals surface area contributed by atoms with Crippen LogP contribution in [-0.2, 0) is 6.54 Å². The van der Waals surface area contributed by atoms with Gasteiger partial charge < -0.3 is 10.5 Å². The second-order valence-corrected chi connectivity index (χ2v) is 3.72. The molecule has 0 aliphatic heterocycles. The van der Waals surface area contributed by atoms with Crippen LogP contribution in [0.4, 0.5) is 4.39 Å². The maximum Gasteiger partial charge on any atom is 0.131 e. The topological polar surface area (TPSA) is 35.2 Å². The number of benzene rings is 2. The van der Waals surface area contributed by atoms with Gasteiger partial charge in [0.1, 0.15) is 11.6 Å². The first-order chi connectivity index (χ1) is 8.26. The summed E-state index contributed by atoms with van der Waals surface area (Å²) in [5.41, 5.74) is 7.72. The Morgan fingerprint density at radius 2 is 1.88 bits per heavy atom. The molecule has 17 heavy (non-hydrogen) atoms. The summed E-state index contributed by atoms with van der Waals surface area (Å²) >= 11 is 0. The molecule has 0 atom stereocenters. The maximum atomic E-state index is 13.8. The normalized spacial score (nSPS) is 10.3. The third-order valence-corrected chi connectivity index (χ3v) is 2.66. The lowest BCUT2D eigenvalue weighted by Gasteiger charge is -2.10. The van der Waals surface area contributed by atoms with Gasteiger partial charge in [0.15, 0.2) is 0 Å². The Balaban J connectivity index is 2.59. The number of hydrogen-bond acceptors (Lipinski definition) is 2. The molecule has 0 aromatic heterocycles. The zero-order chi connectivity index (χ0) is 12.3. The van der Waals surface area contributed by atoms with Crippen LogP contribution in [0, 0.1) is 5.82 Å². The highest BCUT2D eigenvalue weighted by atomic mass is 19.1. The molecule has 0 heterocycles. The van der Waals surface area contributed by atoms with Crippen LogP contribution in [-0.4, -0.2) is 7.11 Å². The lowest BCUT2D eigenvalue weighted by Crippen LogP contribution is -1.98. The summed E-state index contributed by atoms with van der Waals surface area (Å²) in [4.78, 5) is 0.